The number of imidazole rings is 1. The lowest BCUT2D eigenvalue weighted by atomic mass is 10.0. The van der Waals surface area contributed by atoms with E-state index in [1.807, 2.05) is 49.3 Å². The molecule has 2 amide bonds. The number of carbonyl (C=O) groups is 2. The summed E-state index contributed by atoms with van der Waals surface area (Å²) in [6.45, 7) is 3.94. The molecule has 0 spiro atoms. The van der Waals surface area contributed by atoms with Gasteiger partial charge in [-0.15, -0.1) is 0 Å². The summed E-state index contributed by atoms with van der Waals surface area (Å²) in [6.07, 6.45) is 2.31. The number of nitrogens with zero attached hydrogens (tertiary/aromatic N) is 3. The van der Waals surface area contributed by atoms with Gasteiger partial charge in [-0.25, -0.2) is 4.98 Å². The van der Waals surface area contributed by atoms with Crippen LogP contribution in [0.3, 0.4) is 0 Å². The van der Waals surface area contributed by atoms with Crippen LogP contribution in [0.2, 0.25) is 0 Å². The van der Waals surface area contributed by atoms with Crippen molar-refractivity contribution in [1.29, 1.82) is 0 Å². The molecule has 0 saturated heterocycles. The number of amides is 2. The third-order valence-corrected chi connectivity index (χ3v) is 5.67. The molecule has 0 radical (unpaired) electrons. The highest BCUT2D eigenvalue weighted by atomic mass is 16.2. The van der Waals surface area contributed by atoms with E-state index < -0.39 is 11.9 Å². The quantitative estimate of drug-likeness (QED) is 0.536. The van der Waals surface area contributed by atoms with Gasteiger partial charge in [-0.2, -0.15) is 0 Å². The minimum atomic E-state index is -0.815. The first-order valence-electron chi connectivity index (χ1n) is 9.82. The average Bonchev–Trinajstić information content (AvgIpc) is 3.16. The second-order valence-corrected chi connectivity index (χ2v) is 7.84. The summed E-state index contributed by atoms with van der Waals surface area (Å²) in [5.41, 5.74) is 10.9. The zero-order valence-electron chi connectivity index (χ0n) is 17.6. The normalized spacial score (nSPS) is 12.4. The van der Waals surface area contributed by atoms with Crippen LogP contribution in [0, 0.1) is 13.8 Å². The molecule has 30 heavy (non-hydrogen) atoms. The van der Waals surface area contributed by atoms with E-state index in [0.717, 1.165) is 38.9 Å². The van der Waals surface area contributed by atoms with Crippen LogP contribution in [0.1, 0.15) is 27.3 Å². The monoisotopic (exact) mass is 403 g/mol. The van der Waals surface area contributed by atoms with Gasteiger partial charge in [0.05, 0.1) is 11.0 Å². The van der Waals surface area contributed by atoms with Crippen LogP contribution < -0.4 is 11.1 Å². The fourth-order valence-electron chi connectivity index (χ4n) is 3.90. The number of hydrogen-bond acceptors (Lipinski definition) is 3. The molecule has 2 aromatic heterocycles. The summed E-state index contributed by atoms with van der Waals surface area (Å²) in [6, 6.07) is 10.7. The van der Waals surface area contributed by atoms with Crippen molar-refractivity contribution >= 4 is 33.8 Å². The van der Waals surface area contributed by atoms with Crippen molar-refractivity contribution in [2.75, 3.05) is 0 Å². The fourth-order valence-corrected chi connectivity index (χ4v) is 3.90. The summed E-state index contributed by atoms with van der Waals surface area (Å²) in [7, 11) is 3.89. The number of nitrogens with two attached hydrogens (primary N) is 1. The SMILES string of the molecule is Cc1ccc2c(c1)c(C[C@H](NC(=O)c1ccc3c(c1)nc(C)n3C)C(N)=O)cn2C. The van der Waals surface area contributed by atoms with Crippen molar-refractivity contribution in [3.8, 4) is 0 Å². The number of fused-ring (bicyclic) bond motifs is 2. The minimum Gasteiger partial charge on any atom is -0.368 e. The van der Waals surface area contributed by atoms with Crippen LogP contribution in [0.5, 0.6) is 0 Å². The molecule has 2 heterocycles. The Balaban J connectivity index is 1.61. The maximum absolute atomic E-state index is 12.8. The molecule has 7 heteroatoms. The maximum atomic E-state index is 12.8. The Kier molecular flexibility index (Phi) is 4.81. The molecule has 0 bridgehead atoms. The van der Waals surface area contributed by atoms with Crippen molar-refractivity contribution < 1.29 is 9.59 Å². The second kappa shape index (κ2) is 7.33. The number of primary amides is 1. The zero-order valence-corrected chi connectivity index (χ0v) is 17.6. The fraction of sp³-hybridized carbons (Fsp3) is 0.261. The van der Waals surface area contributed by atoms with Gasteiger partial charge < -0.3 is 20.2 Å². The number of benzene rings is 2. The number of carbonyl (C=O) groups excluding carboxylic acids is 2. The number of hydrogen-bond donors (Lipinski definition) is 2. The predicted octanol–water partition coefficient (Wildman–Crippen LogP) is 2.51. The molecule has 4 rings (SSSR count). The number of rotatable bonds is 5. The Hall–Kier alpha value is -3.61. The van der Waals surface area contributed by atoms with Crippen molar-refractivity contribution in [2.24, 2.45) is 19.8 Å². The van der Waals surface area contributed by atoms with Crippen LogP contribution in [-0.4, -0.2) is 32.0 Å². The van der Waals surface area contributed by atoms with E-state index in [4.69, 9.17) is 5.73 Å². The summed E-state index contributed by atoms with van der Waals surface area (Å²) in [5, 5.41) is 3.86. The van der Waals surface area contributed by atoms with E-state index in [1.165, 1.54) is 0 Å². The smallest absolute Gasteiger partial charge is 0.252 e. The van der Waals surface area contributed by atoms with E-state index >= 15 is 0 Å². The predicted molar refractivity (Wildman–Crippen MR) is 117 cm³/mol. The average molecular weight is 403 g/mol. The van der Waals surface area contributed by atoms with Crippen molar-refractivity contribution in [3.05, 3.63) is 65.1 Å². The molecule has 0 saturated carbocycles. The minimum absolute atomic E-state index is 0.326. The van der Waals surface area contributed by atoms with Gasteiger partial charge in [0, 0.05) is 43.2 Å². The Morgan fingerprint density at radius 1 is 1.10 bits per heavy atom. The van der Waals surface area contributed by atoms with E-state index in [2.05, 4.69) is 28.5 Å². The third kappa shape index (κ3) is 3.43. The first kappa shape index (κ1) is 19.7. The number of nitrogens with one attached hydrogen (secondary N) is 1. The van der Waals surface area contributed by atoms with E-state index in [1.54, 1.807) is 12.1 Å². The number of aromatic nitrogens is 3. The van der Waals surface area contributed by atoms with Crippen molar-refractivity contribution in [1.82, 2.24) is 19.4 Å². The molecular formula is C23H25N5O2. The lowest BCUT2D eigenvalue weighted by molar-refractivity contribution is -0.119. The van der Waals surface area contributed by atoms with Crippen LogP contribution in [0.4, 0.5) is 0 Å². The first-order valence-corrected chi connectivity index (χ1v) is 9.82. The van der Waals surface area contributed by atoms with Crippen molar-refractivity contribution in [3.63, 3.8) is 0 Å². The van der Waals surface area contributed by atoms with Crippen LogP contribution in [0.15, 0.2) is 42.6 Å². The molecule has 2 aromatic carbocycles. The molecule has 4 aromatic rings. The molecule has 0 unspecified atom stereocenters. The Morgan fingerprint density at radius 3 is 2.57 bits per heavy atom. The Labute approximate surface area is 174 Å². The molecule has 1 atom stereocenters. The van der Waals surface area contributed by atoms with Gasteiger partial charge in [0.1, 0.15) is 11.9 Å². The van der Waals surface area contributed by atoms with Crippen LogP contribution >= 0.6 is 0 Å². The van der Waals surface area contributed by atoms with Crippen LogP contribution in [0.25, 0.3) is 21.9 Å². The highest BCUT2D eigenvalue weighted by molar-refractivity contribution is 6.00. The van der Waals surface area contributed by atoms with Gasteiger partial charge in [0.25, 0.3) is 5.91 Å². The third-order valence-electron chi connectivity index (χ3n) is 5.67. The second-order valence-electron chi connectivity index (χ2n) is 7.84. The molecule has 154 valence electrons. The lowest BCUT2D eigenvalue weighted by Gasteiger charge is -2.15. The highest BCUT2D eigenvalue weighted by Gasteiger charge is 2.22. The summed E-state index contributed by atoms with van der Waals surface area (Å²) in [5.74, 6) is -0.0491. The van der Waals surface area contributed by atoms with Gasteiger partial charge in [-0.3, -0.25) is 9.59 Å². The standard InChI is InChI=1S/C23H25N5O2/c1-13-5-7-20-17(9-13)16(12-27(20)3)11-19(22(24)29)26-23(30)15-6-8-21-18(10-15)25-14(2)28(21)4/h5-10,12,19H,11H2,1-4H3,(H2,24,29)(H,26,30)/t19-/m0/s1. The summed E-state index contributed by atoms with van der Waals surface area (Å²) >= 11 is 0. The molecule has 0 aliphatic heterocycles. The van der Waals surface area contributed by atoms with Gasteiger partial charge in [0.2, 0.25) is 5.91 Å². The van der Waals surface area contributed by atoms with Gasteiger partial charge in [-0.1, -0.05) is 11.6 Å². The zero-order chi connectivity index (χ0) is 21.6. The van der Waals surface area contributed by atoms with E-state index in [-0.39, 0.29) is 5.91 Å². The Bertz CT molecular complexity index is 1300. The summed E-state index contributed by atoms with van der Waals surface area (Å²) in [4.78, 5) is 29.4. The summed E-state index contributed by atoms with van der Waals surface area (Å²) < 4.78 is 3.98. The molecule has 0 aliphatic carbocycles. The molecule has 7 nitrogen and oxygen atoms in total. The molecule has 0 fully saturated rings. The lowest BCUT2D eigenvalue weighted by Crippen LogP contribution is -2.45. The highest BCUT2D eigenvalue weighted by Crippen LogP contribution is 2.23. The largest absolute Gasteiger partial charge is 0.368 e. The van der Waals surface area contributed by atoms with Gasteiger partial charge in [-0.05, 0) is 49.7 Å². The van der Waals surface area contributed by atoms with E-state index in [9.17, 15) is 9.59 Å². The van der Waals surface area contributed by atoms with Crippen LogP contribution in [-0.2, 0) is 25.3 Å². The first-order chi connectivity index (χ1) is 14.2. The number of aryl methyl sites for hydroxylation is 4. The van der Waals surface area contributed by atoms with Crippen molar-refractivity contribution in [2.45, 2.75) is 26.3 Å². The topological polar surface area (TPSA) is 94.9 Å². The maximum Gasteiger partial charge on any atom is 0.252 e. The van der Waals surface area contributed by atoms with E-state index in [0.29, 0.717) is 12.0 Å². The molecule has 0 aliphatic rings. The van der Waals surface area contributed by atoms with Gasteiger partial charge >= 0.3 is 0 Å². The molecule has 3 N–H and O–H groups in total. The van der Waals surface area contributed by atoms with Gasteiger partial charge in [0.15, 0.2) is 0 Å². The molecular weight excluding hydrogens is 378 g/mol. The Morgan fingerprint density at radius 2 is 1.83 bits per heavy atom.